The van der Waals surface area contributed by atoms with Gasteiger partial charge >= 0.3 is 0 Å². The third-order valence-corrected chi connectivity index (χ3v) is 6.01. The van der Waals surface area contributed by atoms with E-state index in [1.807, 2.05) is 45.0 Å². The molecule has 148 valence electrons. The SMILES string of the molecule is Cc1ccc(-c2cc(C(=O)NCCc3nc4sc(C)c(C)c4c(=O)[nH]3)[nH]n2)cc1. The molecule has 0 aliphatic carbocycles. The van der Waals surface area contributed by atoms with Crippen LogP contribution in [0.4, 0.5) is 0 Å². The van der Waals surface area contributed by atoms with Gasteiger partial charge in [-0.05, 0) is 32.4 Å². The number of aromatic nitrogens is 4. The molecule has 8 heteroatoms. The number of amides is 1. The van der Waals surface area contributed by atoms with Gasteiger partial charge in [-0.15, -0.1) is 11.3 Å². The predicted molar refractivity (Wildman–Crippen MR) is 115 cm³/mol. The molecule has 4 aromatic rings. The number of rotatable bonds is 5. The summed E-state index contributed by atoms with van der Waals surface area (Å²) >= 11 is 1.51. The Morgan fingerprint density at radius 3 is 2.69 bits per heavy atom. The third-order valence-electron chi connectivity index (χ3n) is 4.91. The minimum atomic E-state index is -0.248. The summed E-state index contributed by atoms with van der Waals surface area (Å²) in [6.45, 7) is 6.29. The summed E-state index contributed by atoms with van der Waals surface area (Å²) in [7, 11) is 0. The molecule has 1 aromatic carbocycles. The van der Waals surface area contributed by atoms with Crippen molar-refractivity contribution in [1.82, 2.24) is 25.5 Å². The summed E-state index contributed by atoms with van der Waals surface area (Å²) in [5.41, 5.74) is 4.07. The van der Waals surface area contributed by atoms with Crippen LogP contribution in [0.2, 0.25) is 0 Å². The monoisotopic (exact) mass is 407 g/mol. The molecule has 3 N–H and O–H groups in total. The van der Waals surface area contributed by atoms with Crippen molar-refractivity contribution in [2.24, 2.45) is 0 Å². The van der Waals surface area contributed by atoms with Crippen molar-refractivity contribution < 1.29 is 4.79 Å². The molecular formula is C21H21N5O2S. The van der Waals surface area contributed by atoms with Crippen molar-refractivity contribution in [2.45, 2.75) is 27.2 Å². The number of nitrogens with one attached hydrogen (secondary N) is 3. The van der Waals surface area contributed by atoms with Crippen molar-refractivity contribution in [3.05, 3.63) is 68.2 Å². The number of carbonyl (C=O) groups excluding carboxylic acids is 1. The molecule has 0 saturated carbocycles. The second-order valence-corrected chi connectivity index (χ2v) is 8.22. The Kier molecular flexibility index (Phi) is 5.02. The molecule has 7 nitrogen and oxygen atoms in total. The van der Waals surface area contributed by atoms with Crippen LogP contribution >= 0.6 is 11.3 Å². The van der Waals surface area contributed by atoms with E-state index in [4.69, 9.17) is 0 Å². The first kappa shape index (κ1) is 19.1. The molecule has 1 amide bonds. The zero-order valence-electron chi connectivity index (χ0n) is 16.4. The van der Waals surface area contributed by atoms with Crippen LogP contribution in [-0.2, 0) is 6.42 Å². The number of nitrogens with zero attached hydrogens (tertiary/aromatic N) is 2. The van der Waals surface area contributed by atoms with E-state index in [1.54, 1.807) is 6.07 Å². The van der Waals surface area contributed by atoms with Crippen LogP contribution in [0.3, 0.4) is 0 Å². The fraction of sp³-hybridized carbons (Fsp3) is 0.238. The lowest BCUT2D eigenvalue weighted by Gasteiger charge is -2.03. The zero-order chi connectivity index (χ0) is 20.5. The Balaban J connectivity index is 1.41. The lowest BCUT2D eigenvalue weighted by atomic mass is 10.1. The highest BCUT2D eigenvalue weighted by Gasteiger charge is 2.13. The van der Waals surface area contributed by atoms with E-state index in [9.17, 15) is 9.59 Å². The summed E-state index contributed by atoms with van der Waals surface area (Å²) in [6, 6.07) is 9.68. The predicted octanol–water partition coefficient (Wildman–Crippen LogP) is 3.27. The average Bonchev–Trinajstić information content (AvgIpc) is 3.28. The Morgan fingerprint density at radius 1 is 1.17 bits per heavy atom. The quantitative estimate of drug-likeness (QED) is 0.472. The third kappa shape index (κ3) is 3.84. The smallest absolute Gasteiger partial charge is 0.269 e. The van der Waals surface area contributed by atoms with Gasteiger partial charge in [0.1, 0.15) is 16.3 Å². The van der Waals surface area contributed by atoms with E-state index in [2.05, 4.69) is 25.5 Å². The van der Waals surface area contributed by atoms with Crippen LogP contribution in [0.5, 0.6) is 0 Å². The summed E-state index contributed by atoms with van der Waals surface area (Å²) in [5.74, 6) is 0.316. The zero-order valence-corrected chi connectivity index (χ0v) is 17.2. The summed E-state index contributed by atoms with van der Waals surface area (Å²) < 4.78 is 0. The maximum absolute atomic E-state index is 12.4. The lowest BCUT2D eigenvalue weighted by molar-refractivity contribution is 0.0949. The molecular weight excluding hydrogens is 386 g/mol. The Hall–Kier alpha value is -3.26. The van der Waals surface area contributed by atoms with Crippen molar-refractivity contribution in [3.63, 3.8) is 0 Å². The summed E-state index contributed by atoms with van der Waals surface area (Å²) in [5, 5.41) is 10.5. The van der Waals surface area contributed by atoms with Crippen molar-refractivity contribution in [3.8, 4) is 11.3 Å². The lowest BCUT2D eigenvalue weighted by Crippen LogP contribution is -2.27. The van der Waals surface area contributed by atoms with Gasteiger partial charge in [-0.1, -0.05) is 29.8 Å². The van der Waals surface area contributed by atoms with E-state index < -0.39 is 0 Å². The number of benzene rings is 1. The minimum absolute atomic E-state index is 0.130. The van der Waals surface area contributed by atoms with Gasteiger partial charge in [0.2, 0.25) is 0 Å². The topological polar surface area (TPSA) is 104 Å². The number of H-pyrrole nitrogens is 2. The molecule has 3 aromatic heterocycles. The number of fused-ring (bicyclic) bond motifs is 1. The molecule has 0 fully saturated rings. The molecule has 29 heavy (non-hydrogen) atoms. The summed E-state index contributed by atoms with van der Waals surface area (Å²) in [6.07, 6.45) is 0.436. The van der Waals surface area contributed by atoms with Gasteiger partial charge in [0.05, 0.1) is 11.1 Å². The maximum atomic E-state index is 12.4. The number of carbonyl (C=O) groups is 1. The van der Waals surface area contributed by atoms with Gasteiger partial charge in [-0.2, -0.15) is 5.10 Å². The van der Waals surface area contributed by atoms with E-state index in [0.29, 0.717) is 29.9 Å². The highest BCUT2D eigenvalue weighted by molar-refractivity contribution is 7.18. The molecule has 0 unspecified atom stereocenters. The first-order valence-corrected chi connectivity index (χ1v) is 10.1. The van der Waals surface area contributed by atoms with Gasteiger partial charge in [0.25, 0.3) is 11.5 Å². The average molecular weight is 407 g/mol. The van der Waals surface area contributed by atoms with Gasteiger partial charge in [-0.3, -0.25) is 14.7 Å². The van der Waals surface area contributed by atoms with Crippen LogP contribution in [0.25, 0.3) is 21.5 Å². The molecule has 0 radical (unpaired) electrons. The van der Waals surface area contributed by atoms with Crippen molar-refractivity contribution >= 4 is 27.5 Å². The van der Waals surface area contributed by atoms with Crippen LogP contribution in [0.15, 0.2) is 35.1 Å². The van der Waals surface area contributed by atoms with Crippen molar-refractivity contribution in [2.75, 3.05) is 6.54 Å². The van der Waals surface area contributed by atoms with E-state index >= 15 is 0 Å². The maximum Gasteiger partial charge on any atom is 0.269 e. The van der Waals surface area contributed by atoms with Crippen LogP contribution < -0.4 is 10.9 Å². The number of aromatic amines is 2. The first-order chi connectivity index (χ1) is 13.9. The molecule has 4 rings (SSSR count). The highest BCUT2D eigenvalue weighted by atomic mass is 32.1. The number of aryl methyl sites for hydroxylation is 3. The summed E-state index contributed by atoms with van der Waals surface area (Å²) in [4.78, 5) is 33.9. The second-order valence-electron chi connectivity index (χ2n) is 7.01. The van der Waals surface area contributed by atoms with Gasteiger partial charge in [0, 0.05) is 23.4 Å². The van der Waals surface area contributed by atoms with Crippen LogP contribution in [-0.4, -0.2) is 32.6 Å². The number of thiophene rings is 1. The molecule has 0 atom stereocenters. The minimum Gasteiger partial charge on any atom is -0.350 e. The largest absolute Gasteiger partial charge is 0.350 e. The Morgan fingerprint density at radius 2 is 1.93 bits per heavy atom. The Bertz CT molecular complexity index is 1250. The van der Waals surface area contributed by atoms with Gasteiger partial charge in [0.15, 0.2) is 0 Å². The van der Waals surface area contributed by atoms with Gasteiger partial charge < -0.3 is 10.3 Å². The second kappa shape index (κ2) is 7.63. The van der Waals surface area contributed by atoms with Gasteiger partial charge in [-0.25, -0.2) is 4.98 Å². The highest BCUT2D eigenvalue weighted by Crippen LogP contribution is 2.25. The van der Waals surface area contributed by atoms with Crippen molar-refractivity contribution in [1.29, 1.82) is 0 Å². The van der Waals surface area contributed by atoms with E-state index in [0.717, 1.165) is 26.5 Å². The standard InChI is InChI=1S/C21H21N5O2S/c1-11-4-6-14(7-5-11)15-10-16(26-25-15)19(27)22-9-8-17-23-20(28)18-12(2)13(3)29-21(18)24-17/h4-7,10H,8-9H2,1-3H3,(H,22,27)(H,25,26)(H,23,24,28). The number of hydrogen-bond donors (Lipinski definition) is 3. The van der Waals surface area contributed by atoms with Crippen LogP contribution in [0.1, 0.15) is 32.3 Å². The van der Waals surface area contributed by atoms with E-state index in [-0.39, 0.29) is 11.5 Å². The molecule has 3 heterocycles. The fourth-order valence-corrected chi connectivity index (χ4v) is 4.17. The van der Waals surface area contributed by atoms with E-state index in [1.165, 1.54) is 16.9 Å². The fourth-order valence-electron chi connectivity index (χ4n) is 3.12. The molecule has 0 aliphatic rings. The molecule has 0 bridgehead atoms. The molecule has 0 saturated heterocycles. The number of hydrogen-bond acceptors (Lipinski definition) is 5. The molecule has 0 aliphatic heterocycles. The first-order valence-electron chi connectivity index (χ1n) is 9.32. The Labute approximate surface area is 171 Å². The normalized spacial score (nSPS) is 11.1. The molecule has 0 spiro atoms. The van der Waals surface area contributed by atoms with Crippen LogP contribution in [0, 0.1) is 20.8 Å².